The minimum absolute atomic E-state index is 0.180. The average molecular weight is 1100 g/mol. The van der Waals surface area contributed by atoms with Gasteiger partial charge in [0.25, 0.3) is 6.29 Å². The summed E-state index contributed by atoms with van der Waals surface area (Å²) in [5.41, 5.74) is 0. The summed E-state index contributed by atoms with van der Waals surface area (Å²) < 4.78 is 22.9. The lowest BCUT2D eigenvalue weighted by molar-refractivity contribution is -0.870. The van der Waals surface area contributed by atoms with Gasteiger partial charge in [-0.15, -0.1) is 0 Å². The number of aliphatic carboxylic acids is 1. The molecule has 0 radical (unpaired) electrons. The van der Waals surface area contributed by atoms with Crippen LogP contribution in [0.15, 0.2) is 122 Å². The maximum Gasteiger partial charge on any atom is 0.361 e. The van der Waals surface area contributed by atoms with Crippen molar-refractivity contribution in [1.29, 1.82) is 0 Å². The number of carbonyl (C=O) groups excluding carboxylic acids is 2. The number of likely N-dealkylation sites (N-methyl/N-ethyl adjacent to an activating group) is 1. The average Bonchev–Trinajstić information content (AvgIpc) is 3.42. The largest absolute Gasteiger partial charge is 0.477 e. The first-order chi connectivity index (χ1) is 38.6. The maximum absolute atomic E-state index is 12.9. The van der Waals surface area contributed by atoms with Gasteiger partial charge >= 0.3 is 17.9 Å². The lowest BCUT2D eigenvalue weighted by atomic mass is 10.0. The smallest absolute Gasteiger partial charge is 0.361 e. The number of ether oxygens (including phenoxy) is 4. The number of rotatable bonds is 57. The summed E-state index contributed by atoms with van der Waals surface area (Å²) in [5.74, 6) is -2.03. The molecule has 0 aromatic carbocycles. The lowest BCUT2D eigenvalue weighted by Gasteiger charge is -2.25. The molecule has 9 heteroatoms. The zero-order valence-corrected chi connectivity index (χ0v) is 51.2. The molecule has 0 rings (SSSR count). The van der Waals surface area contributed by atoms with Gasteiger partial charge in [0.2, 0.25) is 0 Å². The highest BCUT2D eigenvalue weighted by Crippen LogP contribution is 2.16. The molecular formula is C70H118NO8+. The minimum atomic E-state index is -1.52. The van der Waals surface area contributed by atoms with Crippen LogP contribution in [0.2, 0.25) is 0 Å². The van der Waals surface area contributed by atoms with E-state index in [9.17, 15) is 19.5 Å². The summed E-state index contributed by atoms with van der Waals surface area (Å²) in [4.78, 5) is 37.5. The Bertz CT molecular complexity index is 1710. The van der Waals surface area contributed by atoms with E-state index >= 15 is 0 Å². The summed E-state index contributed by atoms with van der Waals surface area (Å²) in [5, 5.41) is 9.71. The molecule has 79 heavy (non-hydrogen) atoms. The highest BCUT2D eigenvalue weighted by atomic mass is 16.7. The molecule has 2 atom stereocenters. The second-order valence-electron chi connectivity index (χ2n) is 22.0. The second-order valence-corrected chi connectivity index (χ2v) is 22.0. The molecule has 1 N–H and O–H groups in total. The number of carboxylic acids is 1. The zero-order chi connectivity index (χ0) is 57.6. The van der Waals surface area contributed by atoms with Crippen LogP contribution in [0.4, 0.5) is 0 Å². The molecule has 2 unspecified atom stereocenters. The summed E-state index contributed by atoms with van der Waals surface area (Å²) in [7, 11) is 5.96. The first-order valence-electron chi connectivity index (χ1n) is 31.7. The fraction of sp³-hybridized carbons (Fsp3) is 0.671. The SMILES string of the molecule is CC/C=C\C/C=C\C/C=C\C/C=C\C/C=C\C/C=C\C/C=C\C/C=C\C/C=C\C/C=C\CCCCCCCCC(=O)OC(COC(=O)CCCCCCCCCCCCCCCCCCC)COC(OCC[N+](C)(C)C)C(=O)O. The van der Waals surface area contributed by atoms with Crippen molar-refractivity contribution in [1.82, 2.24) is 0 Å². The molecule has 0 aromatic rings. The van der Waals surface area contributed by atoms with Gasteiger partial charge in [-0.2, -0.15) is 0 Å². The third-order valence-electron chi connectivity index (χ3n) is 13.2. The molecule has 0 bridgehead atoms. The highest BCUT2D eigenvalue weighted by Gasteiger charge is 2.25. The molecular weight excluding hydrogens is 983 g/mol. The van der Waals surface area contributed by atoms with E-state index in [1.54, 1.807) is 0 Å². The Morgan fingerprint density at radius 1 is 0.392 bits per heavy atom. The topological polar surface area (TPSA) is 108 Å². The van der Waals surface area contributed by atoms with E-state index in [4.69, 9.17) is 18.9 Å². The molecule has 0 saturated carbocycles. The van der Waals surface area contributed by atoms with Crippen LogP contribution in [0.5, 0.6) is 0 Å². The predicted octanol–water partition coefficient (Wildman–Crippen LogP) is 19.2. The number of unbranched alkanes of at least 4 members (excludes halogenated alkanes) is 22. The Labute approximate surface area is 485 Å². The van der Waals surface area contributed by atoms with Crippen molar-refractivity contribution in [2.45, 2.75) is 257 Å². The Morgan fingerprint density at radius 2 is 0.722 bits per heavy atom. The fourth-order valence-electron chi connectivity index (χ4n) is 8.39. The van der Waals surface area contributed by atoms with Crippen molar-refractivity contribution in [3.05, 3.63) is 122 Å². The van der Waals surface area contributed by atoms with Crippen molar-refractivity contribution in [3.8, 4) is 0 Å². The quantitative estimate of drug-likeness (QED) is 0.0211. The van der Waals surface area contributed by atoms with Crippen molar-refractivity contribution in [2.75, 3.05) is 47.5 Å². The predicted molar refractivity (Wildman–Crippen MR) is 336 cm³/mol. The van der Waals surface area contributed by atoms with Crippen molar-refractivity contribution >= 4 is 17.9 Å². The van der Waals surface area contributed by atoms with Gasteiger partial charge in [0.1, 0.15) is 13.2 Å². The normalized spacial score (nSPS) is 13.6. The molecule has 0 aliphatic rings. The third kappa shape index (κ3) is 61.2. The molecule has 0 saturated heterocycles. The summed E-state index contributed by atoms with van der Waals surface area (Å²) >= 11 is 0. The van der Waals surface area contributed by atoms with Crippen LogP contribution in [-0.4, -0.2) is 87.4 Å². The number of carbonyl (C=O) groups is 3. The molecule has 0 amide bonds. The van der Waals surface area contributed by atoms with Crippen LogP contribution in [0.1, 0.15) is 245 Å². The molecule has 0 fully saturated rings. The Morgan fingerprint density at radius 3 is 1.08 bits per heavy atom. The van der Waals surface area contributed by atoms with E-state index in [1.807, 2.05) is 21.1 Å². The van der Waals surface area contributed by atoms with Gasteiger partial charge in [-0.1, -0.05) is 264 Å². The number of esters is 2. The summed E-state index contributed by atoms with van der Waals surface area (Å²) in [6.07, 6.45) is 81.4. The molecule has 0 spiro atoms. The monoisotopic (exact) mass is 1100 g/mol. The van der Waals surface area contributed by atoms with Gasteiger partial charge < -0.3 is 28.5 Å². The standard InChI is InChI=1S/C70H117NO8/c1-6-8-10-12-14-16-18-20-22-24-25-26-27-28-29-30-31-32-33-34-35-36-37-38-39-40-41-42-43-45-47-49-51-53-55-57-59-61-68(73)79-66(65-78-70(69(74)75)76-63-62-71(3,4)5)64-77-67(72)60-58-56-54-52-50-48-46-44-23-21-19-17-15-13-11-9-7-2/h8,10,14,16,20,22,25-26,28-29,31-32,34-35,37-38,40-41,43,45,66,70H,6-7,9,11-13,15,17-19,21,23-24,27,30,33,36,39,42,44,46-65H2,1-5H3/p+1/b10-8-,16-14-,22-20-,26-25-,29-28-,32-31-,35-34-,38-37-,41-40-,45-43-. The van der Waals surface area contributed by atoms with E-state index in [1.165, 1.54) is 89.9 Å². The van der Waals surface area contributed by atoms with E-state index < -0.39 is 24.3 Å². The van der Waals surface area contributed by atoms with Gasteiger partial charge in [0, 0.05) is 12.8 Å². The van der Waals surface area contributed by atoms with Crippen LogP contribution in [0.25, 0.3) is 0 Å². The van der Waals surface area contributed by atoms with Crippen LogP contribution >= 0.6 is 0 Å². The fourth-order valence-corrected chi connectivity index (χ4v) is 8.39. The molecule has 0 heterocycles. The third-order valence-corrected chi connectivity index (χ3v) is 13.2. The Hall–Kier alpha value is -4.31. The van der Waals surface area contributed by atoms with E-state index in [-0.39, 0.29) is 32.2 Å². The summed E-state index contributed by atoms with van der Waals surface area (Å²) in [6, 6.07) is 0. The van der Waals surface area contributed by atoms with Crippen molar-refractivity contribution in [2.24, 2.45) is 0 Å². The number of quaternary nitrogens is 1. The number of hydrogen-bond acceptors (Lipinski definition) is 7. The van der Waals surface area contributed by atoms with E-state index in [0.29, 0.717) is 23.9 Å². The first kappa shape index (κ1) is 74.7. The van der Waals surface area contributed by atoms with Crippen molar-refractivity contribution < 1.29 is 42.9 Å². The second kappa shape index (κ2) is 59.8. The van der Waals surface area contributed by atoms with Gasteiger partial charge in [-0.25, -0.2) is 4.79 Å². The molecule has 450 valence electrons. The molecule has 0 aliphatic carbocycles. The van der Waals surface area contributed by atoms with Crippen LogP contribution < -0.4 is 0 Å². The highest BCUT2D eigenvalue weighted by molar-refractivity contribution is 5.71. The van der Waals surface area contributed by atoms with Crippen LogP contribution in [-0.2, 0) is 33.3 Å². The van der Waals surface area contributed by atoms with E-state index in [0.717, 1.165) is 122 Å². The Balaban J connectivity index is 4.23. The number of allylic oxidation sites excluding steroid dienone is 20. The minimum Gasteiger partial charge on any atom is -0.477 e. The molecule has 0 aliphatic heterocycles. The van der Waals surface area contributed by atoms with Gasteiger partial charge in [0.15, 0.2) is 6.10 Å². The molecule has 0 aromatic heterocycles. The van der Waals surface area contributed by atoms with Gasteiger partial charge in [-0.3, -0.25) is 9.59 Å². The van der Waals surface area contributed by atoms with Crippen LogP contribution in [0.3, 0.4) is 0 Å². The van der Waals surface area contributed by atoms with E-state index in [2.05, 4.69) is 135 Å². The number of nitrogens with zero attached hydrogens (tertiary/aromatic N) is 1. The zero-order valence-electron chi connectivity index (χ0n) is 51.2. The first-order valence-corrected chi connectivity index (χ1v) is 31.7. The lowest BCUT2D eigenvalue weighted by Crippen LogP contribution is -2.40. The Kier molecular flexibility index (Phi) is 56.5. The molecule has 9 nitrogen and oxygen atoms in total. The van der Waals surface area contributed by atoms with Gasteiger partial charge in [-0.05, 0) is 89.9 Å². The maximum atomic E-state index is 12.9. The summed E-state index contributed by atoms with van der Waals surface area (Å²) in [6.45, 7) is 4.75. The van der Waals surface area contributed by atoms with Crippen LogP contribution in [0, 0.1) is 0 Å². The van der Waals surface area contributed by atoms with Crippen molar-refractivity contribution in [3.63, 3.8) is 0 Å². The number of carboxylic acid groups (broad SMARTS) is 1. The van der Waals surface area contributed by atoms with Gasteiger partial charge in [0.05, 0.1) is 34.4 Å². The number of hydrogen-bond donors (Lipinski definition) is 1.